The fourth-order valence-corrected chi connectivity index (χ4v) is 8.19. The van der Waals surface area contributed by atoms with E-state index < -0.39 is 5.91 Å². The van der Waals surface area contributed by atoms with Crippen LogP contribution in [0.3, 0.4) is 0 Å². The Hall–Kier alpha value is -6.28. The van der Waals surface area contributed by atoms with Gasteiger partial charge >= 0.3 is 5.91 Å². The molecule has 0 aromatic carbocycles. The van der Waals surface area contributed by atoms with E-state index in [1.54, 1.807) is 25.1 Å². The maximum atomic E-state index is 6.03. The van der Waals surface area contributed by atoms with Crippen molar-refractivity contribution in [2.75, 3.05) is 0 Å². The molecule has 6 aliphatic rings. The predicted octanol–water partition coefficient (Wildman–Crippen LogP) is 5.51. The molecule has 0 saturated carbocycles. The number of furan rings is 4. The van der Waals surface area contributed by atoms with Crippen LogP contribution in [0.25, 0.3) is 58.1 Å². The van der Waals surface area contributed by atoms with Gasteiger partial charge in [0.05, 0.1) is 58.3 Å². The van der Waals surface area contributed by atoms with Crippen LogP contribution in [0.1, 0.15) is 22.9 Å². The van der Waals surface area contributed by atoms with Crippen molar-refractivity contribution in [3.63, 3.8) is 0 Å². The Morgan fingerprint density at radius 1 is 0.578 bits per heavy atom. The number of rotatable bonds is 4. The highest BCUT2D eigenvalue weighted by Gasteiger charge is 2.71. The van der Waals surface area contributed by atoms with Crippen molar-refractivity contribution in [3.8, 4) is 22.6 Å². The van der Waals surface area contributed by atoms with E-state index in [4.69, 9.17) is 17.7 Å². The third-order valence-electron chi connectivity index (χ3n) is 9.75. The number of hydrogen-bond donors (Lipinski definition) is 0. The van der Waals surface area contributed by atoms with Gasteiger partial charge in [-0.1, -0.05) is 9.15 Å². The summed E-state index contributed by atoms with van der Waals surface area (Å²) in [5.41, 5.74) is 10.5. The summed E-state index contributed by atoms with van der Waals surface area (Å²) < 4.78 is 33.9. The molecule has 0 N–H and O–H groups in total. The van der Waals surface area contributed by atoms with Crippen molar-refractivity contribution >= 4 is 46.9 Å². The van der Waals surface area contributed by atoms with Gasteiger partial charge in [-0.3, -0.25) is 0 Å². The molecule has 45 heavy (non-hydrogen) atoms. The number of aromatic nitrogens is 2. The molecule has 0 radical (unpaired) electrons. The van der Waals surface area contributed by atoms with Gasteiger partial charge in [-0.2, -0.15) is 9.13 Å². The van der Waals surface area contributed by atoms with Crippen LogP contribution in [0.5, 0.6) is 0 Å². The van der Waals surface area contributed by atoms with E-state index in [1.165, 1.54) is 0 Å². The normalized spacial score (nSPS) is 20.8. The topological polar surface area (TPSA) is 68.4 Å². The fourth-order valence-electron chi connectivity index (χ4n) is 8.19. The highest BCUT2D eigenvalue weighted by atomic mass is 16.3. The van der Waals surface area contributed by atoms with Crippen molar-refractivity contribution in [1.82, 2.24) is 9.13 Å². The van der Waals surface area contributed by atoms with Gasteiger partial charge in [0.15, 0.2) is 0 Å². The van der Waals surface area contributed by atoms with Crippen LogP contribution < -0.4 is 10.7 Å². The van der Waals surface area contributed by atoms with Gasteiger partial charge in [-0.25, -0.2) is 0 Å². The summed E-state index contributed by atoms with van der Waals surface area (Å²) in [6.45, 7) is 0. The van der Waals surface area contributed by atoms with E-state index in [-0.39, 0.29) is 0 Å². The zero-order chi connectivity index (χ0) is 29.0. The fraction of sp³-hybridized carbons (Fsp3) is 0.0270. The molecule has 12 heterocycles. The van der Waals surface area contributed by atoms with Gasteiger partial charge in [-0.15, -0.1) is 0 Å². The van der Waals surface area contributed by atoms with Gasteiger partial charge in [0.1, 0.15) is 23.0 Å². The van der Waals surface area contributed by atoms with Crippen LogP contribution in [0.2, 0.25) is 0 Å². The molecule has 6 aromatic heterocycles. The summed E-state index contributed by atoms with van der Waals surface area (Å²) >= 11 is 0. The van der Waals surface area contributed by atoms with Crippen molar-refractivity contribution in [2.24, 2.45) is 0 Å². The first-order valence-electron chi connectivity index (χ1n) is 14.9. The number of hydrogen-bond acceptors (Lipinski definition) is 4. The van der Waals surface area contributed by atoms with Crippen molar-refractivity contribution in [1.29, 1.82) is 0 Å². The van der Waals surface area contributed by atoms with Crippen LogP contribution in [-0.4, -0.2) is 29.7 Å². The zero-order valence-corrected chi connectivity index (χ0v) is 23.5. The summed E-state index contributed by atoms with van der Waals surface area (Å²) in [5.74, 6) is 2.42. The second-order valence-electron chi connectivity index (χ2n) is 11.9. The average molecular weight is 585 g/mol. The molecule has 0 amide bonds. The summed E-state index contributed by atoms with van der Waals surface area (Å²) in [5, 5.41) is 2.13. The van der Waals surface area contributed by atoms with Crippen molar-refractivity contribution in [2.45, 2.75) is 5.91 Å². The molecule has 6 aromatic rings. The average Bonchev–Trinajstić information content (AvgIpc) is 3.90. The van der Waals surface area contributed by atoms with E-state index in [1.807, 2.05) is 48.5 Å². The molecule has 0 saturated heterocycles. The van der Waals surface area contributed by atoms with Gasteiger partial charge in [0.2, 0.25) is 22.8 Å². The maximum absolute atomic E-state index is 6.03. The molecule has 1 atom stereocenters. The van der Waals surface area contributed by atoms with Gasteiger partial charge in [0.25, 0.3) is 0 Å². The first-order valence-corrected chi connectivity index (χ1v) is 14.9. The molecule has 0 bridgehead atoms. The highest BCUT2D eigenvalue weighted by Crippen LogP contribution is 2.51. The van der Waals surface area contributed by atoms with Gasteiger partial charge < -0.3 is 17.7 Å². The first-order chi connectivity index (χ1) is 22.3. The summed E-state index contributed by atoms with van der Waals surface area (Å²) in [6.07, 6.45) is 20.5. The minimum atomic E-state index is -0.872. The molecular formula is C37H20N4O4+2. The zero-order valence-electron chi connectivity index (χ0n) is 23.5. The Bertz CT molecular complexity index is 2660. The Morgan fingerprint density at radius 3 is 1.98 bits per heavy atom. The molecule has 0 fully saturated rings. The Labute approximate surface area is 254 Å². The molecule has 8 heteroatoms. The van der Waals surface area contributed by atoms with Gasteiger partial charge in [-0.05, 0) is 60.7 Å². The molecule has 12 rings (SSSR count). The number of nitrogens with zero attached hydrogens (tertiary/aromatic N) is 4. The van der Waals surface area contributed by atoms with Crippen molar-refractivity contribution < 1.29 is 26.8 Å². The Morgan fingerprint density at radius 2 is 1.27 bits per heavy atom. The van der Waals surface area contributed by atoms with E-state index in [2.05, 4.69) is 66.9 Å². The van der Waals surface area contributed by atoms with Crippen LogP contribution in [-0.2, 0) is 5.91 Å². The Balaban J connectivity index is 1.30. The Kier molecular flexibility index (Phi) is 3.59. The molecule has 8 nitrogen and oxygen atoms in total. The van der Waals surface area contributed by atoms with Crippen LogP contribution in [0, 0.1) is 0 Å². The van der Waals surface area contributed by atoms with E-state index >= 15 is 0 Å². The minimum absolute atomic E-state index is 0.824. The second kappa shape index (κ2) is 7.26. The lowest BCUT2D eigenvalue weighted by atomic mass is 10.1. The largest absolute Gasteiger partial charge is 0.553 e. The van der Waals surface area contributed by atoms with E-state index in [0.29, 0.717) is 0 Å². The van der Waals surface area contributed by atoms with Crippen molar-refractivity contribution in [3.05, 3.63) is 143 Å². The molecule has 210 valence electrons. The first kappa shape index (κ1) is 22.3. The molecule has 0 aliphatic carbocycles. The van der Waals surface area contributed by atoms with Crippen LogP contribution >= 0.6 is 0 Å². The summed E-state index contributed by atoms with van der Waals surface area (Å²) in [6, 6.07) is 20.4. The summed E-state index contributed by atoms with van der Waals surface area (Å²) in [4.78, 5) is 0. The monoisotopic (exact) mass is 584 g/mol. The van der Waals surface area contributed by atoms with Gasteiger partial charge in [0, 0.05) is 47.6 Å². The molecule has 6 aliphatic heterocycles. The SMILES string of the molecule is C1=C(c2ccco2)C2=Cc3cc(-c4ccco4)c4n3C35n6c(cc(-c7ccco7)c6=CC1=[N+]23)=CC1=[N+]5C(=C4)C=C1c1ccco1. The molecule has 1 spiro atoms. The summed E-state index contributed by atoms with van der Waals surface area (Å²) in [7, 11) is 0. The molecular weight excluding hydrogens is 564 g/mol. The lowest BCUT2D eigenvalue weighted by molar-refractivity contribution is -0.833. The van der Waals surface area contributed by atoms with E-state index in [0.717, 1.165) is 90.2 Å². The van der Waals surface area contributed by atoms with Crippen LogP contribution in [0.4, 0.5) is 0 Å². The van der Waals surface area contributed by atoms with Crippen LogP contribution in [0.15, 0.2) is 127 Å². The quantitative estimate of drug-likeness (QED) is 0.257. The highest BCUT2D eigenvalue weighted by molar-refractivity contribution is 6.36. The lowest BCUT2D eigenvalue weighted by Gasteiger charge is -2.37. The van der Waals surface area contributed by atoms with E-state index in [9.17, 15) is 0 Å². The third-order valence-corrected chi connectivity index (χ3v) is 9.75. The minimum Gasteiger partial charge on any atom is -0.464 e. The second-order valence-corrected chi connectivity index (χ2v) is 11.9. The lowest BCUT2D eigenvalue weighted by Crippen LogP contribution is -2.69. The smallest absolute Gasteiger partial charge is 0.464 e. The maximum Gasteiger partial charge on any atom is 0.553 e. The number of allylic oxidation sites excluding steroid dienone is 4. The third kappa shape index (κ3) is 2.40. The predicted molar refractivity (Wildman–Crippen MR) is 166 cm³/mol. The standard InChI is InChI=1S/C37H20N4O4/c1-5-33(42-9-1)25-13-21-18-30-27(35-7-3-11-44-35)15-23-20-32-28(36-8-4-12-45-36)16-24-19-31-26(34-6-2-10-43-34)14-22-17-29(25)38(21)37(39(22)31,40(23)30)41(24)32/h1-20H/q+2. The molecule has 1 unspecified atom stereocenters.